The van der Waals surface area contributed by atoms with Crippen LogP contribution in [0.4, 0.5) is 17.1 Å². The van der Waals surface area contributed by atoms with E-state index < -0.39 is 0 Å². The van der Waals surface area contributed by atoms with Crippen LogP contribution in [0.3, 0.4) is 0 Å². The number of anilines is 2. The number of fused-ring (bicyclic) bond motifs is 2. The number of ether oxygens (including phenoxy) is 1. The van der Waals surface area contributed by atoms with Gasteiger partial charge in [-0.3, -0.25) is 4.90 Å². The predicted octanol–water partition coefficient (Wildman–Crippen LogP) is 6.22. The quantitative estimate of drug-likeness (QED) is 0.440. The second-order valence-corrected chi connectivity index (χ2v) is 9.12. The highest BCUT2D eigenvalue weighted by Gasteiger charge is 2.24. The Morgan fingerprint density at radius 2 is 1.61 bits per heavy atom. The summed E-state index contributed by atoms with van der Waals surface area (Å²) < 4.78 is 5.83. The highest BCUT2D eigenvalue weighted by Crippen LogP contribution is 2.36. The Kier molecular flexibility index (Phi) is 6.72. The van der Waals surface area contributed by atoms with Crippen LogP contribution in [0.25, 0.3) is 0 Å². The van der Waals surface area contributed by atoms with Crippen molar-refractivity contribution in [3.05, 3.63) is 82.3 Å². The van der Waals surface area contributed by atoms with E-state index >= 15 is 0 Å². The Hall–Kier alpha value is -2.73. The highest BCUT2D eigenvalue weighted by molar-refractivity contribution is 6.31. The van der Waals surface area contributed by atoms with E-state index in [-0.39, 0.29) is 0 Å². The number of halogens is 2. The van der Waals surface area contributed by atoms with Crippen molar-refractivity contribution in [2.75, 3.05) is 44.6 Å². The van der Waals surface area contributed by atoms with Gasteiger partial charge in [0.15, 0.2) is 0 Å². The van der Waals surface area contributed by atoms with Crippen molar-refractivity contribution in [3.63, 3.8) is 0 Å². The van der Waals surface area contributed by atoms with Gasteiger partial charge in [0.05, 0.1) is 18.0 Å². The maximum Gasteiger partial charge on any atom is 0.138 e. The normalized spacial score (nSPS) is 15.7. The monoisotopic (exact) mass is 480 g/mol. The number of nitrogens with zero attached hydrogens (tertiary/aromatic N) is 3. The lowest BCUT2D eigenvalue weighted by Crippen LogP contribution is -2.49. The number of rotatable bonds is 5. The lowest BCUT2D eigenvalue weighted by molar-refractivity contribution is 0.170. The van der Waals surface area contributed by atoms with E-state index in [4.69, 9.17) is 32.9 Å². The third-order valence-corrected chi connectivity index (χ3v) is 6.48. The molecule has 5 nitrogen and oxygen atoms in total. The molecule has 170 valence electrons. The molecule has 0 amide bonds. The summed E-state index contributed by atoms with van der Waals surface area (Å²) >= 11 is 12.2. The molecule has 3 aromatic rings. The standard InChI is InChI=1S/C26H26Cl2N4O/c27-19-6-9-21(10-7-19)33-17-3-12-31-13-15-32(16-14-31)26-22-4-1-2-5-23(22)29-24-11-8-20(28)18-25(24)30-26/h1-2,4-11,18,29H,3,12-17H2. The molecule has 33 heavy (non-hydrogen) atoms. The van der Waals surface area contributed by atoms with Crippen LogP contribution in [0.15, 0.2) is 71.7 Å². The van der Waals surface area contributed by atoms with E-state index in [0.29, 0.717) is 11.6 Å². The molecule has 2 aliphatic rings. The molecule has 0 spiro atoms. The fourth-order valence-corrected chi connectivity index (χ4v) is 4.54. The van der Waals surface area contributed by atoms with Crippen molar-refractivity contribution >= 4 is 46.1 Å². The molecule has 0 unspecified atom stereocenters. The Balaban J connectivity index is 1.21. The van der Waals surface area contributed by atoms with Crippen LogP contribution in [0.5, 0.6) is 5.75 Å². The molecule has 5 rings (SSSR count). The Morgan fingerprint density at radius 3 is 2.42 bits per heavy atom. The zero-order valence-electron chi connectivity index (χ0n) is 18.3. The van der Waals surface area contributed by atoms with Gasteiger partial charge in [-0.25, -0.2) is 4.99 Å². The minimum Gasteiger partial charge on any atom is -0.494 e. The molecule has 0 atom stereocenters. The van der Waals surface area contributed by atoms with Crippen molar-refractivity contribution in [2.24, 2.45) is 4.99 Å². The molecule has 0 aliphatic carbocycles. The number of aliphatic imine (C=N–C) groups is 1. The number of hydrogen-bond donors (Lipinski definition) is 1. The van der Waals surface area contributed by atoms with Crippen molar-refractivity contribution in [2.45, 2.75) is 6.42 Å². The van der Waals surface area contributed by atoms with Crippen molar-refractivity contribution in [3.8, 4) is 5.75 Å². The third kappa shape index (κ3) is 5.27. The van der Waals surface area contributed by atoms with Gasteiger partial charge in [0.1, 0.15) is 11.6 Å². The maximum absolute atomic E-state index is 6.27. The third-order valence-electron chi connectivity index (χ3n) is 6.00. The number of amidine groups is 1. The topological polar surface area (TPSA) is 40.1 Å². The summed E-state index contributed by atoms with van der Waals surface area (Å²) in [5, 5.41) is 4.94. The first kappa shape index (κ1) is 22.1. The number of nitrogens with one attached hydrogen (secondary N) is 1. The van der Waals surface area contributed by atoms with Gasteiger partial charge in [-0.15, -0.1) is 0 Å². The Morgan fingerprint density at radius 1 is 0.848 bits per heavy atom. The lowest BCUT2D eigenvalue weighted by atomic mass is 10.1. The predicted molar refractivity (Wildman–Crippen MR) is 137 cm³/mol. The van der Waals surface area contributed by atoms with E-state index in [1.807, 2.05) is 42.5 Å². The molecule has 1 saturated heterocycles. The molecule has 0 bridgehead atoms. The molecule has 1 N–H and O–H groups in total. The molecular formula is C26H26Cl2N4O. The summed E-state index contributed by atoms with van der Waals surface area (Å²) in [5.41, 5.74) is 4.03. The molecule has 2 heterocycles. The van der Waals surface area contributed by atoms with Gasteiger partial charge >= 0.3 is 0 Å². The van der Waals surface area contributed by atoms with Crippen LogP contribution in [0.1, 0.15) is 12.0 Å². The zero-order valence-corrected chi connectivity index (χ0v) is 19.8. The van der Waals surface area contributed by atoms with Gasteiger partial charge in [-0.2, -0.15) is 0 Å². The van der Waals surface area contributed by atoms with Crippen molar-refractivity contribution in [1.82, 2.24) is 9.80 Å². The van der Waals surface area contributed by atoms with Gasteiger partial charge in [0.25, 0.3) is 0 Å². The summed E-state index contributed by atoms with van der Waals surface area (Å²) in [7, 11) is 0. The average Bonchev–Trinajstić information content (AvgIpc) is 3.00. The Bertz CT molecular complexity index is 1140. The van der Waals surface area contributed by atoms with Gasteiger partial charge < -0.3 is 15.0 Å². The largest absolute Gasteiger partial charge is 0.494 e. The summed E-state index contributed by atoms with van der Waals surface area (Å²) in [4.78, 5) is 9.93. The number of piperazine rings is 1. The van der Waals surface area contributed by atoms with Crippen LogP contribution >= 0.6 is 23.2 Å². The van der Waals surface area contributed by atoms with E-state index in [1.54, 1.807) is 0 Å². The molecule has 3 aromatic carbocycles. The second kappa shape index (κ2) is 10.0. The summed E-state index contributed by atoms with van der Waals surface area (Å²) in [6.07, 6.45) is 0.988. The molecule has 1 fully saturated rings. The van der Waals surface area contributed by atoms with Gasteiger partial charge in [0.2, 0.25) is 0 Å². The second-order valence-electron chi connectivity index (χ2n) is 8.25. The van der Waals surface area contributed by atoms with Crippen LogP contribution in [-0.2, 0) is 0 Å². The van der Waals surface area contributed by atoms with Crippen LogP contribution < -0.4 is 10.1 Å². The molecule has 7 heteroatoms. The maximum atomic E-state index is 6.27. The highest BCUT2D eigenvalue weighted by atomic mass is 35.5. The first-order valence-electron chi connectivity index (χ1n) is 11.3. The minimum absolute atomic E-state index is 0.690. The van der Waals surface area contributed by atoms with E-state index in [2.05, 4.69) is 39.4 Å². The summed E-state index contributed by atoms with van der Waals surface area (Å²) in [5.74, 6) is 1.87. The van der Waals surface area contributed by atoms with E-state index in [1.165, 1.54) is 0 Å². The van der Waals surface area contributed by atoms with Crippen LogP contribution in [-0.4, -0.2) is 55.0 Å². The average molecular weight is 481 g/mol. The number of para-hydroxylation sites is 1. The summed E-state index contributed by atoms with van der Waals surface area (Å²) in [6, 6.07) is 21.7. The first-order valence-corrected chi connectivity index (χ1v) is 12.0. The molecule has 2 aliphatic heterocycles. The first-order chi connectivity index (χ1) is 16.2. The van der Waals surface area contributed by atoms with Crippen LogP contribution in [0, 0.1) is 0 Å². The van der Waals surface area contributed by atoms with Crippen LogP contribution in [0.2, 0.25) is 10.0 Å². The number of benzene rings is 3. The van der Waals surface area contributed by atoms with Gasteiger partial charge in [-0.05, 0) is 61.0 Å². The Labute approximate surface area is 204 Å². The summed E-state index contributed by atoms with van der Waals surface area (Å²) in [6.45, 7) is 5.58. The van der Waals surface area contributed by atoms with E-state index in [0.717, 1.165) is 78.4 Å². The van der Waals surface area contributed by atoms with Crippen molar-refractivity contribution < 1.29 is 4.74 Å². The molecule has 0 aromatic heterocycles. The van der Waals surface area contributed by atoms with Gasteiger partial charge in [0, 0.05) is 54.0 Å². The molecule has 0 radical (unpaired) electrons. The van der Waals surface area contributed by atoms with E-state index in [9.17, 15) is 0 Å². The lowest BCUT2D eigenvalue weighted by Gasteiger charge is -2.36. The fraction of sp³-hybridized carbons (Fsp3) is 0.269. The fourth-order valence-electron chi connectivity index (χ4n) is 4.24. The smallest absolute Gasteiger partial charge is 0.138 e. The number of hydrogen-bond acceptors (Lipinski definition) is 5. The molecule has 0 saturated carbocycles. The minimum atomic E-state index is 0.690. The SMILES string of the molecule is Clc1ccc(OCCCN2CCN(C3=Nc4cc(Cl)ccc4Nc4ccccc43)CC2)cc1. The van der Waals surface area contributed by atoms with Crippen molar-refractivity contribution in [1.29, 1.82) is 0 Å². The van der Waals surface area contributed by atoms with Gasteiger partial charge in [-0.1, -0.05) is 35.3 Å². The zero-order chi connectivity index (χ0) is 22.6. The molecular weight excluding hydrogens is 455 g/mol.